The van der Waals surface area contributed by atoms with Crippen LogP contribution in [0.4, 0.5) is 11.5 Å². The highest BCUT2D eigenvalue weighted by Crippen LogP contribution is 2.46. The number of pyridine rings is 1. The van der Waals surface area contributed by atoms with Crippen LogP contribution in [0.3, 0.4) is 0 Å². The van der Waals surface area contributed by atoms with Crippen molar-refractivity contribution in [1.82, 2.24) is 4.98 Å². The van der Waals surface area contributed by atoms with Crippen molar-refractivity contribution in [2.24, 2.45) is 5.92 Å². The SMILES string of the molecule is O=C(CCC1CCCC1)Nc1ccc2c(c1)CC1(C2)C(=O)Nc2ncccc21. The standard InChI is InChI=1S/C23H25N3O2/c27-20(10-7-15-4-1-2-5-15)25-18-9-8-16-13-23(14-17(16)12-18)19-6-3-11-24-21(19)26-22(23)28/h3,6,8-9,11-12,15H,1-2,4-5,7,10,13-14H2,(H,25,27)(H,24,26,28). The molecule has 1 aromatic heterocycles. The van der Waals surface area contributed by atoms with Gasteiger partial charge in [0.25, 0.3) is 0 Å². The van der Waals surface area contributed by atoms with Crippen LogP contribution < -0.4 is 10.6 Å². The fraction of sp³-hybridized carbons (Fsp3) is 0.435. The molecule has 1 unspecified atom stereocenters. The molecule has 5 nitrogen and oxygen atoms in total. The summed E-state index contributed by atoms with van der Waals surface area (Å²) in [6.07, 6.45) is 9.78. The van der Waals surface area contributed by atoms with E-state index in [1.54, 1.807) is 6.20 Å². The summed E-state index contributed by atoms with van der Waals surface area (Å²) in [4.78, 5) is 29.4. The molecule has 2 amide bonds. The first-order chi connectivity index (χ1) is 13.6. The minimum absolute atomic E-state index is 0.0274. The lowest BCUT2D eigenvalue weighted by Gasteiger charge is -2.20. The largest absolute Gasteiger partial charge is 0.326 e. The van der Waals surface area contributed by atoms with Crippen molar-refractivity contribution in [3.8, 4) is 0 Å². The molecule has 0 saturated heterocycles. The van der Waals surface area contributed by atoms with Gasteiger partial charge in [0.1, 0.15) is 5.82 Å². The highest BCUT2D eigenvalue weighted by atomic mass is 16.2. The molecule has 0 radical (unpaired) electrons. The van der Waals surface area contributed by atoms with Gasteiger partial charge < -0.3 is 10.6 Å². The molecule has 3 aliphatic rings. The Morgan fingerprint density at radius 2 is 2.00 bits per heavy atom. The molecule has 1 spiro atoms. The van der Waals surface area contributed by atoms with Gasteiger partial charge >= 0.3 is 0 Å². The number of amides is 2. The van der Waals surface area contributed by atoms with E-state index in [2.05, 4.69) is 21.7 Å². The first kappa shape index (κ1) is 17.4. The molecule has 144 valence electrons. The number of benzene rings is 1. The topological polar surface area (TPSA) is 71.1 Å². The van der Waals surface area contributed by atoms with Gasteiger partial charge in [-0.25, -0.2) is 4.98 Å². The molecule has 1 aromatic carbocycles. The van der Waals surface area contributed by atoms with E-state index in [9.17, 15) is 9.59 Å². The Morgan fingerprint density at radius 1 is 1.18 bits per heavy atom. The average Bonchev–Trinajstić information content (AvgIpc) is 3.40. The van der Waals surface area contributed by atoms with Crippen LogP contribution in [-0.2, 0) is 27.8 Å². The van der Waals surface area contributed by atoms with Crippen LogP contribution in [0.2, 0.25) is 0 Å². The van der Waals surface area contributed by atoms with Crippen molar-refractivity contribution >= 4 is 23.3 Å². The van der Waals surface area contributed by atoms with Gasteiger partial charge in [-0.1, -0.05) is 37.8 Å². The van der Waals surface area contributed by atoms with E-state index >= 15 is 0 Å². The Labute approximate surface area is 164 Å². The van der Waals surface area contributed by atoms with Crippen molar-refractivity contribution < 1.29 is 9.59 Å². The third-order valence-electron chi connectivity index (χ3n) is 6.72. The van der Waals surface area contributed by atoms with Gasteiger partial charge in [0.05, 0.1) is 5.41 Å². The maximum absolute atomic E-state index is 12.8. The van der Waals surface area contributed by atoms with Crippen molar-refractivity contribution in [3.05, 3.63) is 53.2 Å². The number of aromatic nitrogens is 1. The number of nitrogens with one attached hydrogen (secondary N) is 2. The Bertz CT molecular complexity index is 949. The fourth-order valence-electron chi connectivity index (χ4n) is 5.20. The lowest BCUT2D eigenvalue weighted by Crippen LogP contribution is -2.35. The molecular weight excluding hydrogens is 350 g/mol. The maximum atomic E-state index is 12.8. The third-order valence-corrected chi connectivity index (χ3v) is 6.72. The summed E-state index contributed by atoms with van der Waals surface area (Å²) in [6, 6.07) is 9.94. The summed E-state index contributed by atoms with van der Waals surface area (Å²) in [5.41, 5.74) is 3.57. The van der Waals surface area contributed by atoms with Crippen molar-refractivity contribution in [1.29, 1.82) is 0 Å². The first-order valence-electron chi connectivity index (χ1n) is 10.3. The monoisotopic (exact) mass is 375 g/mol. The quantitative estimate of drug-likeness (QED) is 0.849. The minimum Gasteiger partial charge on any atom is -0.326 e. The number of carbonyl (C=O) groups is 2. The molecule has 0 bridgehead atoms. The summed E-state index contributed by atoms with van der Waals surface area (Å²) in [5.74, 6) is 1.52. The number of anilines is 2. The molecule has 2 aromatic rings. The molecule has 1 fully saturated rings. The molecule has 1 saturated carbocycles. The molecule has 1 atom stereocenters. The van der Waals surface area contributed by atoms with Gasteiger partial charge in [-0.05, 0) is 54.5 Å². The van der Waals surface area contributed by atoms with Gasteiger partial charge in [0.15, 0.2) is 0 Å². The zero-order chi connectivity index (χ0) is 19.1. The van der Waals surface area contributed by atoms with Crippen LogP contribution in [0, 0.1) is 5.92 Å². The molecule has 2 heterocycles. The van der Waals surface area contributed by atoms with Gasteiger partial charge in [-0.3, -0.25) is 9.59 Å². The Balaban J connectivity index is 1.30. The molecule has 5 heteroatoms. The predicted molar refractivity (Wildman–Crippen MR) is 108 cm³/mol. The van der Waals surface area contributed by atoms with Crippen LogP contribution in [0.1, 0.15) is 55.2 Å². The number of hydrogen-bond donors (Lipinski definition) is 2. The Morgan fingerprint density at radius 3 is 2.86 bits per heavy atom. The van der Waals surface area contributed by atoms with E-state index < -0.39 is 5.41 Å². The Hall–Kier alpha value is -2.69. The van der Waals surface area contributed by atoms with Crippen molar-refractivity contribution in [3.63, 3.8) is 0 Å². The molecule has 1 aliphatic heterocycles. The van der Waals surface area contributed by atoms with Crippen LogP contribution in [0.15, 0.2) is 36.5 Å². The fourth-order valence-corrected chi connectivity index (χ4v) is 5.20. The van der Waals surface area contributed by atoms with Crippen LogP contribution in [-0.4, -0.2) is 16.8 Å². The third kappa shape index (κ3) is 2.89. The summed E-state index contributed by atoms with van der Waals surface area (Å²) < 4.78 is 0. The van der Waals surface area contributed by atoms with Gasteiger partial charge in [-0.15, -0.1) is 0 Å². The lowest BCUT2D eigenvalue weighted by atomic mass is 9.79. The van der Waals surface area contributed by atoms with Gasteiger partial charge in [0, 0.05) is 23.9 Å². The first-order valence-corrected chi connectivity index (χ1v) is 10.3. The average molecular weight is 375 g/mol. The molecule has 5 rings (SSSR count). The van der Waals surface area contributed by atoms with E-state index in [1.807, 2.05) is 24.3 Å². The summed E-state index contributed by atoms with van der Waals surface area (Å²) in [6.45, 7) is 0. The van der Waals surface area contributed by atoms with Gasteiger partial charge in [-0.2, -0.15) is 0 Å². The summed E-state index contributed by atoms with van der Waals surface area (Å²) in [7, 11) is 0. The van der Waals surface area contributed by atoms with Gasteiger partial charge in [0.2, 0.25) is 11.8 Å². The second-order valence-corrected chi connectivity index (χ2v) is 8.51. The highest BCUT2D eigenvalue weighted by molar-refractivity contribution is 6.06. The molecule has 28 heavy (non-hydrogen) atoms. The van der Waals surface area contributed by atoms with E-state index in [0.29, 0.717) is 25.1 Å². The summed E-state index contributed by atoms with van der Waals surface area (Å²) >= 11 is 0. The van der Waals surface area contributed by atoms with Crippen LogP contribution in [0.25, 0.3) is 0 Å². The molecule has 2 N–H and O–H groups in total. The maximum Gasteiger partial charge on any atom is 0.237 e. The second kappa shape index (κ2) is 6.73. The molecular formula is C23H25N3O2. The molecule has 2 aliphatic carbocycles. The second-order valence-electron chi connectivity index (χ2n) is 8.51. The predicted octanol–water partition coefficient (Wildman–Crippen LogP) is 3.98. The van der Waals surface area contributed by atoms with Crippen molar-refractivity contribution in [2.45, 2.75) is 56.8 Å². The Kier molecular flexibility index (Phi) is 4.18. The van der Waals surface area contributed by atoms with Crippen LogP contribution in [0.5, 0.6) is 0 Å². The van der Waals surface area contributed by atoms with Crippen molar-refractivity contribution in [2.75, 3.05) is 10.6 Å². The van der Waals surface area contributed by atoms with E-state index in [4.69, 9.17) is 0 Å². The number of carbonyl (C=O) groups excluding carboxylic acids is 2. The number of nitrogens with zero attached hydrogens (tertiary/aromatic N) is 1. The minimum atomic E-state index is -0.558. The zero-order valence-electron chi connectivity index (χ0n) is 16.0. The number of rotatable bonds is 4. The smallest absolute Gasteiger partial charge is 0.237 e. The lowest BCUT2D eigenvalue weighted by molar-refractivity contribution is -0.120. The highest BCUT2D eigenvalue weighted by Gasteiger charge is 2.51. The normalized spacial score (nSPS) is 22.9. The van der Waals surface area contributed by atoms with E-state index in [1.165, 1.54) is 31.2 Å². The number of fused-ring (bicyclic) bond motifs is 3. The van der Waals surface area contributed by atoms with E-state index in [0.717, 1.165) is 29.2 Å². The van der Waals surface area contributed by atoms with E-state index in [-0.39, 0.29) is 11.8 Å². The summed E-state index contributed by atoms with van der Waals surface area (Å²) in [5, 5.41) is 5.99. The number of hydrogen-bond acceptors (Lipinski definition) is 3. The zero-order valence-corrected chi connectivity index (χ0v) is 16.0. The van der Waals surface area contributed by atoms with Crippen LogP contribution >= 0.6 is 0 Å².